The highest BCUT2D eigenvalue weighted by Crippen LogP contribution is 2.30. The van der Waals surface area contributed by atoms with Gasteiger partial charge < -0.3 is 15.6 Å². The zero-order chi connectivity index (χ0) is 21.8. The van der Waals surface area contributed by atoms with Gasteiger partial charge in [0.15, 0.2) is 0 Å². The summed E-state index contributed by atoms with van der Waals surface area (Å²) in [6.45, 7) is 0. The van der Waals surface area contributed by atoms with E-state index < -0.39 is 0 Å². The largest absolute Gasteiger partial charge is 0.359 e. The molecule has 1 saturated carbocycles. The molecule has 1 fully saturated rings. The highest BCUT2D eigenvalue weighted by Gasteiger charge is 2.26. The van der Waals surface area contributed by atoms with Gasteiger partial charge in [0.25, 0.3) is 0 Å². The van der Waals surface area contributed by atoms with Crippen molar-refractivity contribution in [1.82, 2.24) is 20.3 Å². The van der Waals surface area contributed by atoms with Crippen LogP contribution in [0.5, 0.6) is 0 Å². The van der Waals surface area contributed by atoms with Gasteiger partial charge in [-0.15, -0.1) is 0 Å². The van der Waals surface area contributed by atoms with Crippen molar-refractivity contribution in [2.75, 3.05) is 12.4 Å². The zero-order valence-corrected chi connectivity index (χ0v) is 17.9. The lowest BCUT2D eigenvalue weighted by atomic mass is 9.85. The van der Waals surface area contributed by atoms with Crippen LogP contribution in [0.1, 0.15) is 25.7 Å². The van der Waals surface area contributed by atoms with Crippen LogP contribution in [0.15, 0.2) is 53.5 Å². The number of halogens is 1. The summed E-state index contributed by atoms with van der Waals surface area (Å²) in [5.41, 5.74) is 2.90. The Morgan fingerprint density at radius 2 is 1.84 bits per heavy atom. The predicted octanol–water partition coefficient (Wildman–Crippen LogP) is 3.87. The maximum absolute atomic E-state index is 11.8. The lowest BCUT2D eigenvalue weighted by Crippen LogP contribution is -2.34. The van der Waals surface area contributed by atoms with E-state index >= 15 is 0 Å². The maximum atomic E-state index is 11.8. The number of carbonyl (C=O) groups is 1. The molecule has 2 heterocycles. The minimum absolute atomic E-state index is 0.0805. The molecule has 3 N–H and O–H groups in total. The number of amides is 1. The van der Waals surface area contributed by atoms with Gasteiger partial charge in [0.1, 0.15) is 0 Å². The van der Waals surface area contributed by atoms with Crippen LogP contribution in [-0.4, -0.2) is 33.9 Å². The molecule has 2 aromatic heterocycles. The molecular weight excluding hydrogens is 414 g/mol. The Balaban J connectivity index is 1.53. The van der Waals surface area contributed by atoms with Crippen molar-refractivity contribution in [3.05, 3.63) is 64.0 Å². The second-order valence-electron chi connectivity index (χ2n) is 7.71. The summed E-state index contributed by atoms with van der Waals surface area (Å²) >= 11 is 6.41. The van der Waals surface area contributed by atoms with Crippen molar-refractivity contribution in [2.45, 2.75) is 31.7 Å². The number of hydrogen-bond donors (Lipinski definition) is 3. The zero-order valence-electron chi connectivity index (χ0n) is 17.2. The fraction of sp³-hybridized carbons (Fsp3) is 0.304. The van der Waals surface area contributed by atoms with E-state index in [1.54, 1.807) is 19.3 Å². The second kappa shape index (κ2) is 9.31. The normalized spacial score (nSPS) is 18.4. The topological polar surface area (TPSA) is 99.8 Å². The molecule has 1 aliphatic rings. The van der Waals surface area contributed by atoms with Crippen LogP contribution < -0.4 is 16.2 Å². The Hall–Kier alpha value is -3.19. The van der Waals surface area contributed by atoms with Crippen LogP contribution in [0.2, 0.25) is 5.02 Å². The lowest BCUT2D eigenvalue weighted by Gasteiger charge is -2.28. The molecule has 4 rings (SSSR count). The van der Waals surface area contributed by atoms with E-state index in [0.29, 0.717) is 16.7 Å². The molecule has 0 radical (unpaired) electrons. The number of rotatable bonds is 5. The standard InChI is InChI=1S/C23H24ClN5O2/c1-25-22(31)14-8-10-17(11-9-14)27-23-26-13-18(24)21(29-23)16-5-2-4-15(12-16)19-6-3-7-20(30)28-19/h2-7,12-14,17H,8-11H2,1H3,(H,25,31)(H,28,30)(H,26,27,29)/t14-,17-. The third kappa shape index (κ3) is 4.94. The minimum Gasteiger partial charge on any atom is -0.359 e. The summed E-state index contributed by atoms with van der Waals surface area (Å²) in [5.74, 6) is 0.710. The van der Waals surface area contributed by atoms with Crippen molar-refractivity contribution in [3.8, 4) is 22.5 Å². The maximum Gasteiger partial charge on any atom is 0.248 e. The fourth-order valence-electron chi connectivity index (χ4n) is 3.98. The van der Waals surface area contributed by atoms with Gasteiger partial charge in [-0.1, -0.05) is 35.9 Å². The number of H-pyrrole nitrogens is 1. The van der Waals surface area contributed by atoms with E-state index in [4.69, 9.17) is 11.6 Å². The first-order valence-electron chi connectivity index (χ1n) is 10.3. The molecule has 0 saturated heterocycles. The van der Waals surface area contributed by atoms with Crippen LogP contribution in [0, 0.1) is 5.92 Å². The number of aromatic amines is 1. The third-order valence-corrected chi connectivity index (χ3v) is 5.91. The first kappa shape index (κ1) is 21.1. The molecule has 0 aliphatic heterocycles. The number of hydrogen-bond acceptors (Lipinski definition) is 5. The average molecular weight is 438 g/mol. The number of carbonyl (C=O) groups excluding carboxylic acids is 1. The summed E-state index contributed by atoms with van der Waals surface area (Å²) in [6, 6.07) is 13.0. The fourth-order valence-corrected chi connectivity index (χ4v) is 4.18. The van der Waals surface area contributed by atoms with E-state index in [1.807, 2.05) is 30.3 Å². The van der Waals surface area contributed by atoms with Crippen LogP contribution in [0.25, 0.3) is 22.5 Å². The van der Waals surface area contributed by atoms with Crippen LogP contribution in [0.4, 0.5) is 5.95 Å². The van der Waals surface area contributed by atoms with Gasteiger partial charge in [0.2, 0.25) is 17.4 Å². The number of nitrogens with one attached hydrogen (secondary N) is 3. The van der Waals surface area contributed by atoms with Gasteiger partial charge in [-0.2, -0.15) is 0 Å². The van der Waals surface area contributed by atoms with E-state index in [2.05, 4.69) is 25.6 Å². The number of anilines is 1. The van der Waals surface area contributed by atoms with Gasteiger partial charge in [0.05, 0.1) is 16.9 Å². The third-order valence-electron chi connectivity index (χ3n) is 5.64. The molecule has 8 heteroatoms. The van der Waals surface area contributed by atoms with E-state index in [0.717, 1.165) is 42.5 Å². The molecular formula is C23H24ClN5O2. The van der Waals surface area contributed by atoms with Crippen molar-refractivity contribution >= 4 is 23.5 Å². The quantitative estimate of drug-likeness (QED) is 0.562. The lowest BCUT2D eigenvalue weighted by molar-refractivity contribution is -0.125. The van der Waals surface area contributed by atoms with Crippen molar-refractivity contribution in [2.24, 2.45) is 5.92 Å². The first-order valence-corrected chi connectivity index (χ1v) is 10.7. The van der Waals surface area contributed by atoms with Crippen molar-refractivity contribution < 1.29 is 4.79 Å². The number of benzene rings is 1. The van der Waals surface area contributed by atoms with Crippen LogP contribution in [-0.2, 0) is 4.79 Å². The van der Waals surface area contributed by atoms with Crippen LogP contribution in [0.3, 0.4) is 0 Å². The molecule has 1 aliphatic carbocycles. The number of nitrogens with zero attached hydrogens (tertiary/aromatic N) is 2. The smallest absolute Gasteiger partial charge is 0.248 e. The van der Waals surface area contributed by atoms with Gasteiger partial charge >= 0.3 is 0 Å². The summed E-state index contributed by atoms with van der Waals surface area (Å²) in [4.78, 5) is 35.3. The summed E-state index contributed by atoms with van der Waals surface area (Å²) in [6.07, 6.45) is 5.05. The molecule has 1 aromatic carbocycles. The SMILES string of the molecule is CNC(=O)[C@H]1CC[C@H](Nc2ncc(Cl)c(-c3cccc(-c4cccc(=O)[nH]4)c3)n2)CC1. The highest BCUT2D eigenvalue weighted by molar-refractivity contribution is 6.32. The Morgan fingerprint density at radius 3 is 2.58 bits per heavy atom. The number of pyridine rings is 1. The van der Waals surface area contributed by atoms with E-state index in [9.17, 15) is 9.59 Å². The predicted molar refractivity (Wildman–Crippen MR) is 122 cm³/mol. The van der Waals surface area contributed by atoms with Crippen molar-refractivity contribution in [1.29, 1.82) is 0 Å². The van der Waals surface area contributed by atoms with E-state index in [1.165, 1.54) is 6.07 Å². The van der Waals surface area contributed by atoms with Crippen molar-refractivity contribution in [3.63, 3.8) is 0 Å². The molecule has 31 heavy (non-hydrogen) atoms. The van der Waals surface area contributed by atoms with Crippen LogP contribution >= 0.6 is 11.6 Å². The molecule has 3 aromatic rings. The van der Waals surface area contributed by atoms with E-state index in [-0.39, 0.29) is 23.4 Å². The Bertz CT molecular complexity index is 1140. The highest BCUT2D eigenvalue weighted by atomic mass is 35.5. The Morgan fingerprint density at radius 1 is 1.10 bits per heavy atom. The summed E-state index contributed by atoms with van der Waals surface area (Å²) in [5, 5.41) is 6.57. The monoisotopic (exact) mass is 437 g/mol. The Kier molecular flexibility index (Phi) is 6.32. The molecule has 1 amide bonds. The summed E-state index contributed by atoms with van der Waals surface area (Å²) < 4.78 is 0. The molecule has 0 unspecified atom stereocenters. The first-order chi connectivity index (χ1) is 15.0. The average Bonchev–Trinajstić information content (AvgIpc) is 2.80. The van der Waals surface area contributed by atoms with Gasteiger partial charge in [0, 0.05) is 36.3 Å². The second-order valence-corrected chi connectivity index (χ2v) is 8.11. The molecule has 0 bridgehead atoms. The van der Waals surface area contributed by atoms with Gasteiger partial charge in [-0.3, -0.25) is 9.59 Å². The Labute approximate surface area is 185 Å². The van der Waals surface area contributed by atoms with Gasteiger partial charge in [-0.25, -0.2) is 9.97 Å². The summed E-state index contributed by atoms with van der Waals surface area (Å²) in [7, 11) is 1.68. The molecule has 0 atom stereocenters. The number of aromatic nitrogens is 3. The molecule has 160 valence electrons. The van der Waals surface area contributed by atoms with Gasteiger partial charge in [-0.05, 0) is 43.4 Å². The molecule has 7 nitrogen and oxygen atoms in total. The molecule has 0 spiro atoms. The minimum atomic E-state index is -0.152.